The van der Waals surface area contributed by atoms with Crippen molar-refractivity contribution in [3.05, 3.63) is 51.9 Å². The highest BCUT2D eigenvalue weighted by Crippen LogP contribution is 2.27. The van der Waals surface area contributed by atoms with E-state index in [0.717, 1.165) is 27.4 Å². The molecular weight excluding hydrogens is 350 g/mol. The molecule has 0 radical (unpaired) electrons. The van der Waals surface area contributed by atoms with Crippen molar-refractivity contribution in [3.8, 4) is 10.8 Å². The third-order valence-corrected chi connectivity index (χ3v) is 5.78. The maximum absolute atomic E-state index is 5.37. The summed E-state index contributed by atoms with van der Waals surface area (Å²) in [5.74, 6) is 1.52. The number of furan rings is 1. The quantitative estimate of drug-likeness (QED) is 0.487. The minimum Gasteiger partial charge on any atom is -0.462 e. The van der Waals surface area contributed by atoms with Crippen LogP contribution in [0.5, 0.6) is 0 Å². The average Bonchev–Trinajstić information content (AvgIpc) is 3.34. The fraction of sp³-hybridized carbons (Fsp3) is 0.143. The van der Waals surface area contributed by atoms with Crippen LogP contribution in [0.4, 0.5) is 0 Å². The molecule has 0 saturated heterocycles. The summed E-state index contributed by atoms with van der Waals surface area (Å²) < 4.78 is 7.18. The molecule has 0 aliphatic carbocycles. The number of rotatable bonds is 6. The summed E-state index contributed by atoms with van der Waals surface area (Å²) in [6.07, 6.45) is 1.66. The number of aromatic nitrogens is 5. The Morgan fingerprint density at radius 1 is 1.22 bits per heavy atom. The zero-order valence-corrected chi connectivity index (χ0v) is 14.3. The van der Waals surface area contributed by atoms with Gasteiger partial charge >= 0.3 is 0 Å². The Bertz CT molecular complexity index is 866. The Morgan fingerprint density at radius 3 is 3.04 bits per heavy atom. The summed E-state index contributed by atoms with van der Waals surface area (Å²) in [5.41, 5.74) is 0.997. The molecule has 0 atom stereocenters. The van der Waals surface area contributed by atoms with E-state index in [1.165, 1.54) is 4.88 Å². The van der Waals surface area contributed by atoms with Crippen molar-refractivity contribution < 1.29 is 4.42 Å². The van der Waals surface area contributed by atoms with Crippen molar-refractivity contribution in [3.63, 3.8) is 0 Å². The van der Waals surface area contributed by atoms with Crippen molar-refractivity contribution in [1.82, 2.24) is 25.2 Å². The van der Waals surface area contributed by atoms with Gasteiger partial charge in [-0.25, -0.2) is 9.67 Å². The molecule has 116 valence electrons. The van der Waals surface area contributed by atoms with Crippen LogP contribution in [0.2, 0.25) is 0 Å². The third kappa shape index (κ3) is 3.36. The smallest absolute Gasteiger partial charge is 0.210 e. The first-order valence-corrected chi connectivity index (χ1v) is 9.52. The Kier molecular flexibility index (Phi) is 4.22. The lowest BCUT2D eigenvalue weighted by Crippen LogP contribution is -2.02. The summed E-state index contributed by atoms with van der Waals surface area (Å²) in [5, 5.41) is 17.7. The fourth-order valence-electron chi connectivity index (χ4n) is 1.97. The van der Waals surface area contributed by atoms with Gasteiger partial charge in [-0.1, -0.05) is 17.8 Å². The Hall–Kier alpha value is -1.97. The van der Waals surface area contributed by atoms with Crippen LogP contribution in [0, 0.1) is 0 Å². The van der Waals surface area contributed by atoms with Crippen molar-refractivity contribution in [1.29, 1.82) is 0 Å². The predicted molar refractivity (Wildman–Crippen MR) is 90.6 cm³/mol. The molecule has 4 aromatic heterocycles. The van der Waals surface area contributed by atoms with E-state index in [9.17, 15) is 0 Å². The van der Waals surface area contributed by atoms with Gasteiger partial charge in [0.15, 0.2) is 10.8 Å². The molecular formula is C14H11N5OS3. The molecule has 4 heterocycles. The number of thiazole rings is 1. The van der Waals surface area contributed by atoms with Crippen LogP contribution < -0.4 is 0 Å². The first-order valence-electron chi connectivity index (χ1n) is 6.78. The van der Waals surface area contributed by atoms with E-state index in [-0.39, 0.29) is 0 Å². The number of nitrogens with zero attached hydrogens (tertiary/aromatic N) is 5. The standard InChI is InChI=1S/C14H11N5OS3/c1-4-12(20-5-1)13-15-10(8-22-13)9-23-14-16-17-18-19(14)7-11-3-2-6-21-11/h1-6,8H,7,9H2. The minimum absolute atomic E-state index is 0.696. The SMILES string of the molecule is c1coc(-c2nc(CSc3nnnn3Cc3cccs3)cs2)c1. The van der Waals surface area contributed by atoms with Gasteiger partial charge in [-0.2, -0.15) is 0 Å². The lowest BCUT2D eigenvalue weighted by atomic mass is 10.5. The lowest BCUT2D eigenvalue weighted by molar-refractivity contribution is 0.581. The molecule has 0 amide bonds. The number of thiophene rings is 1. The van der Waals surface area contributed by atoms with Crippen molar-refractivity contribution in [2.24, 2.45) is 0 Å². The second-order valence-corrected chi connectivity index (χ2v) is 7.44. The Labute approximate surface area is 144 Å². The molecule has 4 rings (SSSR count). The van der Waals surface area contributed by atoms with Crippen LogP contribution >= 0.6 is 34.4 Å². The van der Waals surface area contributed by atoms with Gasteiger partial charge in [-0.05, 0) is 34.0 Å². The van der Waals surface area contributed by atoms with E-state index in [1.807, 2.05) is 28.3 Å². The van der Waals surface area contributed by atoms with Gasteiger partial charge in [0.1, 0.15) is 0 Å². The molecule has 0 fully saturated rings. The van der Waals surface area contributed by atoms with Crippen LogP contribution in [0.3, 0.4) is 0 Å². The molecule has 0 spiro atoms. The highest BCUT2D eigenvalue weighted by atomic mass is 32.2. The highest BCUT2D eigenvalue weighted by Gasteiger charge is 2.11. The molecule has 0 N–H and O–H groups in total. The minimum atomic E-state index is 0.696. The Morgan fingerprint density at radius 2 is 2.22 bits per heavy atom. The second kappa shape index (κ2) is 6.65. The first kappa shape index (κ1) is 14.6. The van der Waals surface area contributed by atoms with Gasteiger partial charge in [-0.15, -0.1) is 27.8 Å². The second-order valence-electron chi connectivity index (χ2n) is 4.61. The van der Waals surface area contributed by atoms with Gasteiger partial charge in [0.2, 0.25) is 5.16 Å². The van der Waals surface area contributed by atoms with Crippen molar-refractivity contribution in [2.45, 2.75) is 17.5 Å². The Balaban J connectivity index is 1.43. The van der Waals surface area contributed by atoms with Crippen LogP contribution in [0.1, 0.15) is 10.6 Å². The molecule has 23 heavy (non-hydrogen) atoms. The van der Waals surface area contributed by atoms with E-state index in [1.54, 1.807) is 40.7 Å². The molecule has 0 saturated carbocycles. The summed E-state index contributed by atoms with van der Waals surface area (Å²) in [6, 6.07) is 7.89. The molecule has 0 unspecified atom stereocenters. The largest absolute Gasteiger partial charge is 0.462 e. The van der Waals surface area contributed by atoms with Crippen molar-refractivity contribution in [2.75, 3.05) is 0 Å². The van der Waals surface area contributed by atoms with Crippen molar-refractivity contribution >= 4 is 34.4 Å². The molecule has 0 aliphatic rings. The number of hydrogen-bond donors (Lipinski definition) is 0. The zero-order valence-electron chi connectivity index (χ0n) is 11.8. The van der Waals surface area contributed by atoms with E-state index in [4.69, 9.17) is 4.42 Å². The number of thioether (sulfide) groups is 1. The molecule has 9 heteroatoms. The molecule has 4 aromatic rings. The molecule has 0 aliphatic heterocycles. The van der Waals surface area contributed by atoms with E-state index >= 15 is 0 Å². The van der Waals surface area contributed by atoms with Crippen LogP contribution in [0.25, 0.3) is 10.8 Å². The normalized spacial score (nSPS) is 11.1. The first-order chi connectivity index (χ1) is 11.4. The maximum atomic E-state index is 5.37. The highest BCUT2D eigenvalue weighted by molar-refractivity contribution is 7.98. The molecule has 0 aromatic carbocycles. The van der Waals surface area contributed by atoms with E-state index < -0.39 is 0 Å². The monoisotopic (exact) mass is 361 g/mol. The van der Waals surface area contributed by atoms with Crippen LogP contribution in [-0.2, 0) is 12.3 Å². The number of hydrogen-bond acceptors (Lipinski definition) is 8. The third-order valence-electron chi connectivity index (χ3n) is 3.02. The van der Waals surface area contributed by atoms with Gasteiger partial charge in [0.05, 0.1) is 18.5 Å². The summed E-state index contributed by atoms with van der Waals surface area (Å²) >= 11 is 4.86. The van der Waals surface area contributed by atoms with E-state index in [2.05, 4.69) is 32.0 Å². The van der Waals surface area contributed by atoms with Gasteiger partial charge in [0.25, 0.3) is 0 Å². The molecule has 6 nitrogen and oxygen atoms in total. The topological polar surface area (TPSA) is 69.6 Å². The number of tetrazole rings is 1. The van der Waals surface area contributed by atoms with Gasteiger partial charge < -0.3 is 4.42 Å². The lowest BCUT2D eigenvalue weighted by Gasteiger charge is -2.01. The zero-order chi connectivity index (χ0) is 15.5. The van der Waals surface area contributed by atoms with E-state index in [0.29, 0.717) is 6.54 Å². The van der Waals surface area contributed by atoms with Gasteiger partial charge in [-0.3, -0.25) is 0 Å². The average molecular weight is 361 g/mol. The van der Waals surface area contributed by atoms with Gasteiger partial charge in [0, 0.05) is 16.0 Å². The molecule has 0 bridgehead atoms. The van der Waals surface area contributed by atoms with Crippen LogP contribution in [-0.4, -0.2) is 25.2 Å². The summed E-state index contributed by atoms with van der Waals surface area (Å²) in [6.45, 7) is 0.696. The van der Waals surface area contributed by atoms with Crippen LogP contribution in [0.15, 0.2) is 50.9 Å². The summed E-state index contributed by atoms with van der Waals surface area (Å²) in [7, 11) is 0. The maximum Gasteiger partial charge on any atom is 0.210 e. The predicted octanol–water partition coefficient (Wildman–Crippen LogP) is 3.79. The fourth-order valence-corrected chi connectivity index (χ4v) is 4.32. The summed E-state index contributed by atoms with van der Waals surface area (Å²) in [4.78, 5) is 5.82.